The highest BCUT2D eigenvalue weighted by Crippen LogP contribution is 2.22. The number of ether oxygens (including phenoxy) is 2. The third-order valence-electron chi connectivity index (χ3n) is 4.77. The summed E-state index contributed by atoms with van der Waals surface area (Å²) >= 11 is 5.99. The summed E-state index contributed by atoms with van der Waals surface area (Å²) in [6.45, 7) is 3.74. The number of phenols is 1. The molecule has 0 bridgehead atoms. The predicted molar refractivity (Wildman–Crippen MR) is 134 cm³/mol. The monoisotopic (exact) mass is 446 g/mol. The summed E-state index contributed by atoms with van der Waals surface area (Å²) in [6, 6.07) is 22.7. The molecule has 0 aliphatic carbocycles. The van der Waals surface area contributed by atoms with Gasteiger partial charge < -0.3 is 14.6 Å². The molecule has 0 saturated heterocycles. The molecule has 32 heavy (non-hydrogen) atoms. The van der Waals surface area contributed by atoms with Crippen LogP contribution in [0.4, 0.5) is 0 Å². The molecule has 3 nitrogen and oxygen atoms in total. The van der Waals surface area contributed by atoms with Gasteiger partial charge in [-0.15, -0.1) is 0 Å². The highest BCUT2D eigenvalue weighted by atomic mass is 35.5. The molecule has 0 heterocycles. The van der Waals surface area contributed by atoms with Gasteiger partial charge in [-0.05, 0) is 64.7 Å². The number of hydrogen-bond donors (Lipinski definition) is 1. The van der Waals surface area contributed by atoms with Crippen molar-refractivity contribution in [1.82, 2.24) is 0 Å². The summed E-state index contributed by atoms with van der Waals surface area (Å²) in [5.41, 5.74) is 4.11. The largest absolute Gasteiger partial charge is 0.508 e. The fourth-order valence-electron chi connectivity index (χ4n) is 2.85. The van der Waals surface area contributed by atoms with Crippen LogP contribution < -0.4 is 4.74 Å². The average molecular weight is 447 g/mol. The number of phenolic OH excluding ortho intramolecular Hbond substituents is 1. The number of aromatic hydroxyl groups is 1. The number of hydrogen-bond acceptors (Lipinski definition) is 3. The van der Waals surface area contributed by atoms with Gasteiger partial charge in [-0.2, -0.15) is 0 Å². The Bertz CT molecular complexity index is 1030. The van der Waals surface area contributed by atoms with Gasteiger partial charge in [-0.25, -0.2) is 0 Å². The summed E-state index contributed by atoms with van der Waals surface area (Å²) in [4.78, 5) is 0. The molecule has 0 aromatic heterocycles. The van der Waals surface area contributed by atoms with Crippen molar-refractivity contribution in [2.45, 2.75) is 19.6 Å². The van der Waals surface area contributed by atoms with Gasteiger partial charge in [0.1, 0.15) is 11.5 Å². The zero-order valence-corrected chi connectivity index (χ0v) is 19.2. The molecule has 164 valence electrons. The molecule has 0 amide bonds. The van der Waals surface area contributed by atoms with E-state index >= 15 is 0 Å². The van der Waals surface area contributed by atoms with Crippen LogP contribution in [-0.4, -0.2) is 18.0 Å². The number of rotatable bonds is 8. The van der Waals surface area contributed by atoms with E-state index < -0.39 is 5.79 Å². The predicted octanol–water partition coefficient (Wildman–Crippen LogP) is 7.62. The first kappa shape index (κ1) is 23.4. The molecule has 0 spiro atoms. The maximum Gasteiger partial charge on any atom is 0.204 e. The second-order valence-corrected chi connectivity index (χ2v) is 8.17. The zero-order chi connectivity index (χ0) is 23.0. The third kappa shape index (κ3) is 7.45. The summed E-state index contributed by atoms with van der Waals surface area (Å²) in [7, 11) is 1.62. The van der Waals surface area contributed by atoms with Crippen molar-refractivity contribution >= 4 is 29.8 Å². The minimum Gasteiger partial charge on any atom is -0.508 e. The van der Waals surface area contributed by atoms with Crippen LogP contribution in [0, 0.1) is 0 Å². The Kier molecular flexibility index (Phi) is 7.93. The maximum atomic E-state index is 9.49. The fraction of sp³-hybridized carbons (Fsp3) is 0.143. The van der Waals surface area contributed by atoms with Crippen molar-refractivity contribution in [3.8, 4) is 11.5 Å². The topological polar surface area (TPSA) is 38.7 Å². The van der Waals surface area contributed by atoms with E-state index in [1.165, 1.54) is 0 Å². The fourth-order valence-corrected chi connectivity index (χ4v) is 2.97. The molecule has 3 rings (SSSR count). The number of methoxy groups -OCH3 is 1. The van der Waals surface area contributed by atoms with Gasteiger partial charge in [0.05, 0.1) is 0 Å². The van der Waals surface area contributed by atoms with Gasteiger partial charge in [0.2, 0.25) is 5.79 Å². The lowest BCUT2D eigenvalue weighted by atomic mass is 10.1. The van der Waals surface area contributed by atoms with E-state index in [1.807, 2.05) is 92.7 Å². The molecular weight excluding hydrogens is 420 g/mol. The van der Waals surface area contributed by atoms with Crippen LogP contribution in [-0.2, 0) is 4.74 Å². The van der Waals surface area contributed by atoms with Gasteiger partial charge in [0.25, 0.3) is 0 Å². The Balaban J connectivity index is 1.85. The highest BCUT2D eigenvalue weighted by molar-refractivity contribution is 6.30. The third-order valence-corrected chi connectivity index (χ3v) is 5.02. The molecule has 3 aromatic rings. The molecule has 0 saturated carbocycles. The van der Waals surface area contributed by atoms with E-state index in [9.17, 15) is 5.11 Å². The van der Waals surface area contributed by atoms with Gasteiger partial charge in [0, 0.05) is 26.0 Å². The SMILES string of the molecule is COC(C)(C)Oc1ccc(C=C(C=Cc2ccc(O)cc2)C=Cc2ccc(Cl)cc2)cc1. The molecule has 0 atom stereocenters. The second-order valence-electron chi connectivity index (χ2n) is 7.73. The first-order chi connectivity index (χ1) is 15.3. The second kappa shape index (κ2) is 10.9. The van der Waals surface area contributed by atoms with Gasteiger partial charge >= 0.3 is 0 Å². The lowest BCUT2D eigenvalue weighted by Crippen LogP contribution is -2.30. The van der Waals surface area contributed by atoms with Gasteiger partial charge in [0.15, 0.2) is 0 Å². The Morgan fingerprint density at radius 2 is 1.28 bits per heavy atom. The lowest BCUT2D eigenvalue weighted by molar-refractivity contribution is -0.134. The number of halogens is 1. The molecule has 0 unspecified atom stereocenters. The van der Waals surface area contributed by atoms with Gasteiger partial charge in [-0.3, -0.25) is 0 Å². The van der Waals surface area contributed by atoms with Crippen LogP contribution in [0.15, 0.2) is 90.5 Å². The van der Waals surface area contributed by atoms with E-state index in [0.717, 1.165) is 28.0 Å². The molecule has 0 aliphatic heterocycles. The zero-order valence-electron chi connectivity index (χ0n) is 18.5. The average Bonchev–Trinajstić information content (AvgIpc) is 2.79. The summed E-state index contributed by atoms with van der Waals surface area (Å²) in [5, 5.41) is 10.2. The summed E-state index contributed by atoms with van der Waals surface area (Å²) in [6.07, 6.45) is 10.2. The normalized spacial score (nSPS) is 12.6. The first-order valence-corrected chi connectivity index (χ1v) is 10.7. The van der Waals surface area contributed by atoms with Crippen molar-refractivity contribution in [3.63, 3.8) is 0 Å². The van der Waals surface area contributed by atoms with E-state index in [1.54, 1.807) is 19.2 Å². The van der Waals surface area contributed by atoms with Crippen LogP contribution >= 0.6 is 11.6 Å². The maximum absolute atomic E-state index is 9.49. The molecule has 0 aliphatic rings. The summed E-state index contributed by atoms with van der Waals surface area (Å²) < 4.78 is 11.2. The first-order valence-electron chi connectivity index (χ1n) is 10.3. The Morgan fingerprint density at radius 3 is 1.81 bits per heavy atom. The Hall–Kier alpha value is -3.27. The van der Waals surface area contributed by atoms with Crippen molar-refractivity contribution in [2.24, 2.45) is 0 Å². The minimum absolute atomic E-state index is 0.250. The van der Waals surface area contributed by atoms with Gasteiger partial charge in [-0.1, -0.05) is 72.3 Å². The molecule has 0 radical (unpaired) electrons. The van der Waals surface area contributed by atoms with Crippen LogP contribution in [0.5, 0.6) is 11.5 Å². The quantitative estimate of drug-likeness (QED) is 0.285. The van der Waals surface area contributed by atoms with Crippen molar-refractivity contribution in [3.05, 3.63) is 112 Å². The van der Waals surface area contributed by atoms with E-state index in [2.05, 4.69) is 12.2 Å². The van der Waals surface area contributed by atoms with Crippen LogP contribution in [0.25, 0.3) is 18.2 Å². The standard InChI is InChI=1S/C28H27ClO3/c1-28(2,31-3)32-27-18-12-24(13-19-27)20-23(6-4-21-8-14-25(29)15-9-21)7-5-22-10-16-26(30)17-11-22/h4-20,30H,1-3H3. The van der Waals surface area contributed by atoms with E-state index in [-0.39, 0.29) is 5.75 Å². The van der Waals surface area contributed by atoms with E-state index in [4.69, 9.17) is 21.1 Å². The van der Waals surface area contributed by atoms with Crippen molar-refractivity contribution in [2.75, 3.05) is 7.11 Å². The number of allylic oxidation sites excluding steroid dienone is 3. The smallest absolute Gasteiger partial charge is 0.204 e. The molecule has 1 N–H and O–H groups in total. The van der Waals surface area contributed by atoms with E-state index in [0.29, 0.717) is 5.02 Å². The Morgan fingerprint density at radius 1 is 0.781 bits per heavy atom. The lowest BCUT2D eigenvalue weighted by Gasteiger charge is -2.24. The molecule has 3 aromatic carbocycles. The minimum atomic E-state index is -0.684. The molecule has 4 heteroatoms. The van der Waals surface area contributed by atoms with Crippen molar-refractivity contribution in [1.29, 1.82) is 0 Å². The van der Waals surface area contributed by atoms with Crippen LogP contribution in [0.2, 0.25) is 5.02 Å². The molecule has 0 fully saturated rings. The Labute approximate surface area is 194 Å². The highest BCUT2D eigenvalue weighted by Gasteiger charge is 2.17. The number of benzene rings is 3. The summed E-state index contributed by atoms with van der Waals surface area (Å²) in [5.74, 6) is 0.308. The van der Waals surface area contributed by atoms with Crippen LogP contribution in [0.3, 0.4) is 0 Å². The van der Waals surface area contributed by atoms with Crippen molar-refractivity contribution < 1.29 is 14.6 Å². The molecular formula is C28H27ClO3. The van der Waals surface area contributed by atoms with Crippen LogP contribution in [0.1, 0.15) is 30.5 Å².